The van der Waals surface area contributed by atoms with Crippen molar-refractivity contribution in [2.75, 3.05) is 18.9 Å². The third-order valence-electron chi connectivity index (χ3n) is 4.05. The summed E-state index contributed by atoms with van der Waals surface area (Å²) in [5.74, 6) is 0.0386. The molecule has 4 heteroatoms. The number of hydrogen-bond acceptors (Lipinski definition) is 3. The molecule has 20 heavy (non-hydrogen) atoms. The van der Waals surface area contributed by atoms with Gasteiger partial charge in [-0.15, -0.1) is 0 Å². The molecule has 0 aromatic carbocycles. The molecular weight excluding hydrogens is 250 g/mol. The van der Waals surface area contributed by atoms with Crippen LogP contribution in [0.25, 0.3) is 0 Å². The van der Waals surface area contributed by atoms with Crippen LogP contribution in [-0.4, -0.2) is 35.4 Å². The molecule has 0 bridgehead atoms. The summed E-state index contributed by atoms with van der Waals surface area (Å²) in [4.78, 5) is 18.7. The summed E-state index contributed by atoms with van der Waals surface area (Å²) in [6.07, 6.45) is 9.00. The molecule has 0 spiro atoms. The van der Waals surface area contributed by atoms with Crippen molar-refractivity contribution >= 4 is 11.6 Å². The number of rotatable bonds is 4. The summed E-state index contributed by atoms with van der Waals surface area (Å²) < 4.78 is 0. The average molecular weight is 275 g/mol. The molecule has 1 N–H and O–H groups in total. The highest BCUT2D eigenvalue weighted by atomic mass is 16.2. The van der Waals surface area contributed by atoms with Crippen LogP contribution >= 0.6 is 0 Å². The highest BCUT2D eigenvalue weighted by Crippen LogP contribution is 2.22. The molecule has 1 aliphatic carbocycles. The average Bonchev–Trinajstić information content (AvgIpc) is 2.75. The quantitative estimate of drug-likeness (QED) is 0.857. The number of aromatic nitrogens is 1. The minimum absolute atomic E-state index is 0.0386. The molecule has 1 fully saturated rings. The first-order valence-corrected chi connectivity index (χ1v) is 7.69. The van der Waals surface area contributed by atoms with Gasteiger partial charge >= 0.3 is 0 Å². The minimum atomic E-state index is 0.0386. The summed E-state index contributed by atoms with van der Waals surface area (Å²) in [7, 11) is 1.92. The van der Waals surface area contributed by atoms with E-state index in [1.807, 2.05) is 31.0 Å². The van der Waals surface area contributed by atoms with Crippen LogP contribution in [0, 0.1) is 0 Å². The van der Waals surface area contributed by atoms with Crippen LogP contribution in [0.5, 0.6) is 0 Å². The Hall–Kier alpha value is -1.58. The van der Waals surface area contributed by atoms with Crippen LogP contribution in [-0.2, 0) is 0 Å². The monoisotopic (exact) mass is 275 g/mol. The number of carbonyl (C=O) groups is 1. The topological polar surface area (TPSA) is 45.2 Å². The maximum Gasteiger partial charge on any atom is 0.272 e. The van der Waals surface area contributed by atoms with Crippen LogP contribution in [0.2, 0.25) is 0 Å². The lowest BCUT2D eigenvalue weighted by Gasteiger charge is -2.27. The number of pyridine rings is 1. The summed E-state index contributed by atoms with van der Waals surface area (Å²) in [5.41, 5.74) is 1.50. The second-order valence-electron chi connectivity index (χ2n) is 5.52. The number of hydrogen-bond donors (Lipinski definition) is 1. The van der Waals surface area contributed by atoms with Crippen molar-refractivity contribution in [3.63, 3.8) is 0 Å². The van der Waals surface area contributed by atoms with Crippen molar-refractivity contribution in [2.45, 2.75) is 51.5 Å². The van der Waals surface area contributed by atoms with E-state index in [-0.39, 0.29) is 5.91 Å². The first-order chi connectivity index (χ1) is 9.72. The maximum absolute atomic E-state index is 12.5. The zero-order valence-corrected chi connectivity index (χ0v) is 12.6. The van der Waals surface area contributed by atoms with Crippen molar-refractivity contribution in [3.05, 3.63) is 24.0 Å². The van der Waals surface area contributed by atoms with Gasteiger partial charge in [-0.2, -0.15) is 0 Å². The molecule has 4 nitrogen and oxygen atoms in total. The van der Waals surface area contributed by atoms with E-state index in [1.54, 1.807) is 6.20 Å². The molecule has 0 saturated heterocycles. The summed E-state index contributed by atoms with van der Waals surface area (Å²) in [6, 6.07) is 4.11. The SMILES string of the molecule is CCNc1ccnc(C(=O)N(C)C2CCCCCC2)c1. The highest BCUT2D eigenvalue weighted by Gasteiger charge is 2.23. The summed E-state index contributed by atoms with van der Waals surface area (Å²) in [5, 5.41) is 3.22. The predicted molar refractivity (Wildman–Crippen MR) is 82.0 cm³/mol. The van der Waals surface area contributed by atoms with Crippen molar-refractivity contribution < 1.29 is 4.79 Å². The predicted octanol–water partition coefficient (Wildman–Crippen LogP) is 3.31. The molecule has 1 aromatic heterocycles. The number of nitrogens with zero attached hydrogens (tertiary/aromatic N) is 2. The van der Waals surface area contributed by atoms with Gasteiger partial charge in [-0.1, -0.05) is 25.7 Å². The van der Waals surface area contributed by atoms with Gasteiger partial charge in [0.2, 0.25) is 0 Å². The van der Waals surface area contributed by atoms with Gasteiger partial charge in [-0.05, 0) is 31.9 Å². The van der Waals surface area contributed by atoms with Crippen molar-refractivity contribution in [2.24, 2.45) is 0 Å². The van der Waals surface area contributed by atoms with Crippen LogP contribution in [0.3, 0.4) is 0 Å². The van der Waals surface area contributed by atoms with Crippen LogP contribution < -0.4 is 5.32 Å². The van der Waals surface area contributed by atoms with Gasteiger partial charge in [-0.25, -0.2) is 0 Å². The van der Waals surface area contributed by atoms with Gasteiger partial charge in [-0.3, -0.25) is 9.78 Å². The Morgan fingerprint density at radius 3 is 2.70 bits per heavy atom. The molecule has 2 rings (SSSR count). The fourth-order valence-electron chi connectivity index (χ4n) is 2.85. The molecule has 110 valence electrons. The molecule has 1 heterocycles. The lowest BCUT2D eigenvalue weighted by Crippen LogP contribution is -2.37. The standard InChI is InChI=1S/C16H25N3O/c1-3-17-13-10-11-18-15(12-13)16(20)19(2)14-8-6-4-5-7-9-14/h10-12,14H,3-9H2,1-2H3,(H,17,18). The second kappa shape index (κ2) is 7.27. The van der Waals surface area contributed by atoms with Gasteiger partial charge in [0, 0.05) is 31.5 Å². The first-order valence-electron chi connectivity index (χ1n) is 7.69. The van der Waals surface area contributed by atoms with E-state index < -0.39 is 0 Å². The van der Waals surface area contributed by atoms with Crippen molar-refractivity contribution in [1.29, 1.82) is 0 Å². The fraction of sp³-hybridized carbons (Fsp3) is 0.625. The van der Waals surface area contributed by atoms with E-state index in [0.717, 1.165) is 25.1 Å². The van der Waals surface area contributed by atoms with E-state index in [9.17, 15) is 4.79 Å². The van der Waals surface area contributed by atoms with E-state index in [2.05, 4.69) is 10.3 Å². The number of anilines is 1. The second-order valence-corrected chi connectivity index (χ2v) is 5.52. The zero-order valence-electron chi connectivity index (χ0n) is 12.6. The van der Waals surface area contributed by atoms with Crippen molar-refractivity contribution in [1.82, 2.24) is 9.88 Å². The lowest BCUT2D eigenvalue weighted by atomic mass is 10.1. The lowest BCUT2D eigenvalue weighted by molar-refractivity contribution is 0.0712. The summed E-state index contributed by atoms with van der Waals surface area (Å²) >= 11 is 0. The molecule has 0 unspecified atom stereocenters. The molecule has 1 amide bonds. The van der Waals surface area contributed by atoms with E-state index in [4.69, 9.17) is 0 Å². The normalized spacial score (nSPS) is 16.5. The van der Waals surface area contributed by atoms with Gasteiger partial charge in [0.1, 0.15) is 5.69 Å². The molecule has 0 radical (unpaired) electrons. The number of nitrogens with one attached hydrogen (secondary N) is 1. The Morgan fingerprint density at radius 2 is 2.05 bits per heavy atom. The Morgan fingerprint density at radius 1 is 1.35 bits per heavy atom. The Balaban J connectivity index is 2.07. The van der Waals surface area contributed by atoms with Gasteiger partial charge in [0.15, 0.2) is 0 Å². The van der Waals surface area contributed by atoms with Gasteiger partial charge < -0.3 is 10.2 Å². The molecular formula is C16H25N3O. The molecule has 0 atom stereocenters. The number of carbonyl (C=O) groups excluding carboxylic acids is 1. The molecule has 1 saturated carbocycles. The molecule has 1 aromatic rings. The van der Waals surface area contributed by atoms with Crippen LogP contribution in [0.15, 0.2) is 18.3 Å². The van der Waals surface area contributed by atoms with E-state index >= 15 is 0 Å². The number of amides is 1. The highest BCUT2D eigenvalue weighted by molar-refractivity contribution is 5.93. The Labute approximate surface area is 121 Å². The molecule has 1 aliphatic rings. The van der Waals surface area contributed by atoms with Gasteiger partial charge in [0.25, 0.3) is 5.91 Å². The van der Waals surface area contributed by atoms with Crippen molar-refractivity contribution in [3.8, 4) is 0 Å². The van der Waals surface area contributed by atoms with E-state index in [1.165, 1.54) is 25.7 Å². The minimum Gasteiger partial charge on any atom is -0.385 e. The van der Waals surface area contributed by atoms with Crippen LogP contribution in [0.1, 0.15) is 55.9 Å². The van der Waals surface area contributed by atoms with Gasteiger partial charge in [0.05, 0.1) is 0 Å². The largest absolute Gasteiger partial charge is 0.385 e. The Bertz CT molecular complexity index is 439. The third kappa shape index (κ3) is 3.71. The van der Waals surface area contributed by atoms with E-state index in [0.29, 0.717) is 11.7 Å². The van der Waals surface area contributed by atoms with Crippen LogP contribution in [0.4, 0.5) is 5.69 Å². The molecule has 0 aliphatic heterocycles. The third-order valence-corrected chi connectivity index (χ3v) is 4.05. The first kappa shape index (κ1) is 14.8. The Kier molecular flexibility index (Phi) is 5.39. The summed E-state index contributed by atoms with van der Waals surface area (Å²) in [6.45, 7) is 2.88. The maximum atomic E-state index is 12.5. The fourth-order valence-corrected chi connectivity index (χ4v) is 2.85. The zero-order chi connectivity index (χ0) is 14.4. The smallest absolute Gasteiger partial charge is 0.272 e.